The summed E-state index contributed by atoms with van der Waals surface area (Å²) in [6.07, 6.45) is 0. The second-order valence-corrected chi connectivity index (χ2v) is 5.78. The van der Waals surface area contributed by atoms with E-state index in [-0.39, 0.29) is 5.78 Å². The third-order valence-electron chi connectivity index (χ3n) is 4.39. The van der Waals surface area contributed by atoms with Gasteiger partial charge in [0.25, 0.3) is 0 Å². The fourth-order valence-corrected chi connectivity index (χ4v) is 3.26. The number of benzene rings is 3. The molecule has 0 radical (unpaired) electrons. The zero-order valence-electron chi connectivity index (χ0n) is 12.4. The van der Waals surface area contributed by atoms with Gasteiger partial charge in [-0.15, -0.1) is 0 Å². The lowest BCUT2D eigenvalue weighted by Crippen LogP contribution is -1.89. The van der Waals surface area contributed by atoms with E-state index in [1.165, 1.54) is 0 Å². The molecular weight excluding hydrogens is 288 g/mol. The summed E-state index contributed by atoms with van der Waals surface area (Å²) in [5.41, 5.74) is 3.85. The quantitative estimate of drug-likeness (QED) is 0.374. The molecule has 2 heterocycles. The van der Waals surface area contributed by atoms with Crippen LogP contribution < -0.4 is 0 Å². The van der Waals surface area contributed by atoms with Crippen molar-refractivity contribution >= 4 is 49.7 Å². The SMILES string of the molecule is CC(=O)c1ccc2c(c1)oc1c2ccc2oc3ccccc3c21. The number of rotatable bonds is 1. The van der Waals surface area contributed by atoms with Crippen molar-refractivity contribution in [2.45, 2.75) is 6.92 Å². The van der Waals surface area contributed by atoms with Gasteiger partial charge in [-0.3, -0.25) is 4.79 Å². The summed E-state index contributed by atoms with van der Waals surface area (Å²) in [5.74, 6) is 0.0336. The summed E-state index contributed by atoms with van der Waals surface area (Å²) in [6.45, 7) is 1.56. The van der Waals surface area contributed by atoms with Gasteiger partial charge in [0.05, 0.1) is 5.39 Å². The molecule has 3 aromatic carbocycles. The van der Waals surface area contributed by atoms with Crippen molar-refractivity contribution in [1.29, 1.82) is 0 Å². The fraction of sp³-hybridized carbons (Fsp3) is 0.0500. The number of fused-ring (bicyclic) bond motifs is 7. The maximum absolute atomic E-state index is 11.6. The van der Waals surface area contributed by atoms with Gasteiger partial charge in [-0.25, -0.2) is 0 Å². The molecule has 0 aliphatic rings. The van der Waals surface area contributed by atoms with E-state index < -0.39 is 0 Å². The Labute approximate surface area is 131 Å². The number of hydrogen-bond donors (Lipinski definition) is 0. The molecule has 5 rings (SSSR count). The number of hydrogen-bond acceptors (Lipinski definition) is 3. The Hall–Kier alpha value is -3.07. The molecule has 3 heteroatoms. The number of carbonyl (C=O) groups is 1. The van der Waals surface area contributed by atoms with E-state index in [0.717, 1.165) is 43.9 Å². The molecule has 0 saturated heterocycles. The van der Waals surface area contributed by atoms with Crippen molar-refractivity contribution in [2.75, 3.05) is 0 Å². The molecule has 0 atom stereocenters. The van der Waals surface area contributed by atoms with Gasteiger partial charge in [-0.1, -0.05) is 24.3 Å². The van der Waals surface area contributed by atoms with Crippen LogP contribution in [-0.2, 0) is 0 Å². The second kappa shape index (κ2) is 4.23. The maximum Gasteiger partial charge on any atom is 0.159 e. The number of furan rings is 2. The molecule has 0 N–H and O–H groups in total. The first-order valence-electron chi connectivity index (χ1n) is 7.50. The average molecular weight is 300 g/mol. The smallest absolute Gasteiger partial charge is 0.159 e. The number of carbonyl (C=O) groups excluding carboxylic acids is 1. The van der Waals surface area contributed by atoms with Crippen molar-refractivity contribution in [1.82, 2.24) is 0 Å². The van der Waals surface area contributed by atoms with Gasteiger partial charge in [0, 0.05) is 21.7 Å². The summed E-state index contributed by atoms with van der Waals surface area (Å²) in [7, 11) is 0. The molecule has 0 unspecified atom stereocenters. The topological polar surface area (TPSA) is 43.4 Å². The maximum atomic E-state index is 11.6. The van der Waals surface area contributed by atoms with Crippen LogP contribution in [0.3, 0.4) is 0 Å². The molecule has 0 amide bonds. The molecule has 3 nitrogen and oxygen atoms in total. The van der Waals surface area contributed by atoms with Gasteiger partial charge >= 0.3 is 0 Å². The van der Waals surface area contributed by atoms with Crippen molar-refractivity contribution in [3.05, 3.63) is 60.2 Å². The highest BCUT2D eigenvalue weighted by atomic mass is 16.3. The first kappa shape index (κ1) is 12.5. The van der Waals surface area contributed by atoms with Gasteiger partial charge in [0.2, 0.25) is 0 Å². The molecule has 2 aromatic heterocycles. The Morgan fingerprint density at radius 3 is 2.48 bits per heavy atom. The Morgan fingerprint density at radius 2 is 1.61 bits per heavy atom. The minimum atomic E-state index is 0.0336. The highest BCUT2D eigenvalue weighted by Crippen LogP contribution is 2.39. The van der Waals surface area contributed by atoms with Gasteiger partial charge < -0.3 is 8.83 Å². The molecule has 0 saturated carbocycles. The van der Waals surface area contributed by atoms with E-state index >= 15 is 0 Å². The van der Waals surface area contributed by atoms with Crippen LogP contribution >= 0.6 is 0 Å². The lowest BCUT2D eigenvalue weighted by atomic mass is 10.1. The lowest BCUT2D eigenvalue weighted by molar-refractivity contribution is 0.101. The van der Waals surface area contributed by atoms with E-state index in [9.17, 15) is 4.79 Å². The van der Waals surface area contributed by atoms with Crippen LogP contribution in [0.25, 0.3) is 43.9 Å². The normalized spacial score (nSPS) is 11.9. The Balaban J connectivity index is 2.00. The predicted molar refractivity (Wildman–Crippen MR) is 91.0 cm³/mol. The van der Waals surface area contributed by atoms with Gasteiger partial charge in [0.15, 0.2) is 5.78 Å². The molecular formula is C20H12O3. The monoisotopic (exact) mass is 300 g/mol. The molecule has 0 aliphatic heterocycles. The summed E-state index contributed by atoms with van der Waals surface area (Å²) < 4.78 is 12.0. The van der Waals surface area contributed by atoms with Gasteiger partial charge in [-0.05, 0) is 37.3 Å². The van der Waals surface area contributed by atoms with Crippen LogP contribution in [0.15, 0.2) is 63.4 Å². The van der Waals surface area contributed by atoms with E-state index in [4.69, 9.17) is 8.83 Å². The zero-order valence-corrected chi connectivity index (χ0v) is 12.4. The van der Waals surface area contributed by atoms with Crippen LogP contribution in [0.1, 0.15) is 17.3 Å². The Kier molecular flexibility index (Phi) is 2.29. The first-order chi connectivity index (χ1) is 11.2. The Morgan fingerprint density at radius 1 is 0.783 bits per heavy atom. The van der Waals surface area contributed by atoms with Gasteiger partial charge in [0.1, 0.15) is 22.3 Å². The summed E-state index contributed by atoms with van der Waals surface area (Å²) in [5, 5.41) is 4.07. The highest BCUT2D eigenvalue weighted by Gasteiger charge is 2.16. The molecule has 110 valence electrons. The van der Waals surface area contributed by atoms with Crippen LogP contribution in [0.2, 0.25) is 0 Å². The van der Waals surface area contributed by atoms with Crippen molar-refractivity contribution in [2.24, 2.45) is 0 Å². The molecule has 0 aliphatic carbocycles. The molecule has 5 aromatic rings. The average Bonchev–Trinajstić information content (AvgIpc) is 3.11. The summed E-state index contributed by atoms with van der Waals surface area (Å²) >= 11 is 0. The lowest BCUT2D eigenvalue weighted by Gasteiger charge is -1.94. The molecule has 0 bridgehead atoms. The molecule has 23 heavy (non-hydrogen) atoms. The molecule has 0 fully saturated rings. The number of ketones is 1. The molecule has 0 spiro atoms. The van der Waals surface area contributed by atoms with Crippen LogP contribution in [0.5, 0.6) is 0 Å². The fourth-order valence-electron chi connectivity index (χ4n) is 3.26. The second-order valence-electron chi connectivity index (χ2n) is 5.78. The van der Waals surface area contributed by atoms with Crippen molar-refractivity contribution < 1.29 is 13.6 Å². The minimum absolute atomic E-state index is 0.0336. The van der Waals surface area contributed by atoms with Gasteiger partial charge in [-0.2, -0.15) is 0 Å². The van der Waals surface area contributed by atoms with E-state index in [0.29, 0.717) is 5.56 Å². The van der Waals surface area contributed by atoms with E-state index in [1.54, 1.807) is 6.92 Å². The summed E-state index contributed by atoms with van der Waals surface area (Å²) in [6, 6.07) is 17.5. The standard InChI is InChI=1S/C20H12O3/c1-11(21)12-6-7-13-14-8-9-17-19(20(14)23-18(13)10-12)15-4-2-3-5-16(15)22-17/h2-10H,1H3. The van der Waals surface area contributed by atoms with E-state index in [2.05, 4.69) is 0 Å². The third kappa shape index (κ3) is 1.62. The highest BCUT2D eigenvalue weighted by molar-refractivity contribution is 6.22. The third-order valence-corrected chi connectivity index (χ3v) is 4.39. The van der Waals surface area contributed by atoms with Crippen LogP contribution in [-0.4, -0.2) is 5.78 Å². The zero-order chi connectivity index (χ0) is 15.6. The number of Topliss-reactive ketones (excluding diaryl/α,β-unsaturated/α-hetero) is 1. The minimum Gasteiger partial charge on any atom is -0.456 e. The van der Waals surface area contributed by atoms with Crippen LogP contribution in [0.4, 0.5) is 0 Å². The number of para-hydroxylation sites is 1. The largest absolute Gasteiger partial charge is 0.456 e. The summed E-state index contributed by atoms with van der Waals surface area (Å²) in [4.78, 5) is 11.6. The van der Waals surface area contributed by atoms with Crippen LogP contribution in [0, 0.1) is 0 Å². The van der Waals surface area contributed by atoms with E-state index in [1.807, 2.05) is 54.6 Å². The first-order valence-corrected chi connectivity index (χ1v) is 7.50. The predicted octanol–water partition coefficient (Wildman–Crippen LogP) is 5.69. The van der Waals surface area contributed by atoms with Crippen molar-refractivity contribution in [3.63, 3.8) is 0 Å². The Bertz CT molecular complexity index is 1240. The van der Waals surface area contributed by atoms with Crippen molar-refractivity contribution in [3.8, 4) is 0 Å².